The van der Waals surface area contributed by atoms with Crippen molar-refractivity contribution in [3.63, 3.8) is 0 Å². The summed E-state index contributed by atoms with van der Waals surface area (Å²) in [6.45, 7) is 6.82. The van der Waals surface area contributed by atoms with E-state index in [-0.39, 0.29) is 0 Å². The molecule has 4 aromatic rings. The first kappa shape index (κ1) is 20.5. The van der Waals surface area contributed by atoms with Crippen LogP contribution in [0, 0.1) is 6.92 Å². The van der Waals surface area contributed by atoms with Crippen LogP contribution in [0.15, 0.2) is 78.8 Å². The molecular weight excluding hydrogens is 424 g/mol. The number of fused-ring (bicyclic) bond motifs is 1. The number of rotatable bonds is 5. The highest BCUT2D eigenvalue weighted by molar-refractivity contribution is 5.78. The summed E-state index contributed by atoms with van der Waals surface area (Å²) in [6, 6.07) is 20.6. The number of piperazine rings is 1. The summed E-state index contributed by atoms with van der Waals surface area (Å²) in [5, 5.41) is 4.58. The van der Waals surface area contributed by atoms with Crippen LogP contribution >= 0.6 is 0 Å². The molecule has 0 spiro atoms. The lowest BCUT2D eigenvalue weighted by Gasteiger charge is -2.38. The summed E-state index contributed by atoms with van der Waals surface area (Å²) in [7, 11) is 0. The zero-order chi connectivity index (χ0) is 22.9. The Balaban J connectivity index is 1.15. The van der Waals surface area contributed by atoms with Gasteiger partial charge < -0.3 is 14.5 Å². The van der Waals surface area contributed by atoms with Crippen molar-refractivity contribution in [3.8, 4) is 22.9 Å². The molecule has 0 atom stereocenters. The smallest absolute Gasteiger partial charge is 0.321 e. The van der Waals surface area contributed by atoms with Crippen LogP contribution in [0.3, 0.4) is 0 Å². The number of anilines is 1. The molecule has 6 rings (SSSR count). The van der Waals surface area contributed by atoms with Crippen LogP contribution in [0.25, 0.3) is 17.2 Å². The van der Waals surface area contributed by atoms with Crippen molar-refractivity contribution in [2.75, 3.05) is 31.1 Å². The van der Waals surface area contributed by atoms with Gasteiger partial charge in [-0.3, -0.25) is 4.68 Å². The number of nitrogens with zero attached hydrogens (tertiary/aromatic N) is 6. The number of hydrogen-bond donors (Lipinski definition) is 0. The van der Waals surface area contributed by atoms with Gasteiger partial charge >= 0.3 is 6.01 Å². The van der Waals surface area contributed by atoms with E-state index in [1.165, 1.54) is 17.1 Å². The second kappa shape index (κ2) is 8.67. The lowest BCUT2D eigenvalue weighted by Crippen LogP contribution is -2.46. The van der Waals surface area contributed by atoms with Crippen molar-refractivity contribution in [2.24, 2.45) is 0 Å². The Morgan fingerprint density at radius 2 is 1.53 bits per heavy atom. The average Bonchev–Trinajstić information content (AvgIpc) is 3.43. The predicted molar refractivity (Wildman–Crippen MR) is 133 cm³/mol. The number of aromatic nitrogens is 4. The maximum atomic E-state index is 5.75. The molecule has 0 bridgehead atoms. The highest BCUT2D eigenvalue weighted by Gasteiger charge is 2.24. The van der Waals surface area contributed by atoms with E-state index in [1.54, 1.807) is 0 Å². The minimum Gasteiger partial charge on any atom is -0.424 e. The van der Waals surface area contributed by atoms with E-state index < -0.39 is 0 Å². The first-order valence-corrected chi connectivity index (χ1v) is 11.6. The molecule has 1 fully saturated rings. The number of para-hydroxylation sites is 2. The van der Waals surface area contributed by atoms with Crippen LogP contribution in [0.2, 0.25) is 0 Å². The molecule has 4 heterocycles. The summed E-state index contributed by atoms with van der Waals surface area (Å²) in [5.74, 6) is 0.726. The maximum Gasteiger partial charge on any atom is 0.321 e. The first-order valence-electron chi connectivity index (χ1n) is 11.6. The normalized spacial score (nSPS) is 15.3. The van der Waals surface area contributed by atoms with Gasteiger partial charge in [-0.25, -0.2) is 9.97 Å². The van der Waals surface area contributed by atoms with E-state index in [0.29, 0.717) is 6.01 Å². The third-order valence-corrected chi connectivity index (χ3v) is 6.38. The monoisotopic (exact) mass is 450 g/mol. The Hall–Kier alpha value is -4.13. The topological polar surface area (TPSA) is 59.3 Å². The molecule has 2 aromatic carbocycles. The van der Waals surface area contributed by atoms with Gasteiger partial charge in [-0.15, -0.1) is 0 Å². The van der Waals surface area contributed by atoms with Crippen molar-refractivity contribution in [2.45, 2.75) is 13.5 Å². The molecule has 170 valence electrons. The molecule has 7 nitrogen and oxygen atoms in total. The molecule has 2 aliphatic rings. The van der Waals surface area contributed by atoms with Gasteiger partial charge in [0, 0.05) is 61.1 Å². The minimum absolute atomic E-state index is 0.348. The number of ether oxygens (including phenoxy) is 1. The molecular formula is C27H26N6O. The van der Waals surface area contributed by atoms with Gasteiger partial charge in [0.05, 0.1) is 17.9 Å². The largest absolute Gasteiger partial charge is 0.424 e. The molecule has 2 aliphatic heterocycles. The standard InChI is InChI=1S/C27H26N6O/c1-20-15-22-16-23(19-33(22)30-20)31-11-13-32(14-12-31)26-10-6-5-9-25(26)21-17-28-27(29-18-21)34-24-7-3-2-4-8-24/h2-10,15-18H,11-14,19H2,1H3. The summed E-state index contributed by atoms with van der Waals surface area (Å²) >= 11 is 0. The van der Waals surface area contributed by atoms with Crippen molar-refractivity contribution in [3.05, 3.63) is 90.1 Å². The van der Waals surface area contributed by atoms with Gasteiger partial charge in [0.25, 0.3) is 0 Å². The lowest BCUT2D eigenvalue weighted by molar-refractivity contribution is 0.309. The quantitative estimate of drug-likeness (QED) is 0.442. The summed E-state index contributed by atoms with van der Waals surface area (Å²) in [4.78, 5) is 13.8. The van der Waals surface area contributed by atoms with E-state index in [4.69, 9.17) is 4.74 Å². The zero-order valence-electron chi connectivity index (χ0n) is 19.1. The number of hydrogen-bond acceptors (Lipinski definition) is 6. The third kappa shape index (κ3) is 4.01. The van der Waals surface area contributed by atoms with Crippen LogP contribution in [0.4, 0.5) is 5.69 Å². The van der Waals surface area contributed by atoms with Crippen molar-refractivity contribution < 1.29 is 4.74 Å². The summed E-state index contributed by atoms with van der Waals surface area (Å²) < 4.78 is 7.85. The fraction of sp³-hybridized carbons (Fsp3) is 0.222. The summed E-state index contributed by atoms with van der Waals surface area (Å²) in [5.41, 5.74) is 6.98. The third-order valence-electron chi connectivity index (χ3n) is 6.38. The molecule has 0 N–H and O–H groups in total. The van der Waals surface area contributed by atoms with Crippen LogP contribution in [0.1, 0.15) is 11.4 Å². The number of benzene rings is 2. The molecule has 0 unspecified atom stereocenters. The lowest BCUT2D eigenvalue weighted by atomic mass is 10.1. The molecule has 0 amide bonds. The van der Waals surface area contributed by atoms with E-state index >= 15 is 0 Å². The van der Waals surface area contributed by atoms with Gasteiger partial charge in [-0.2, -0.15) is 5.10 Å². The van der Waals surface area contributed by atoms with Gasteiger partial charge in [0.2, 0.25) is 0 Å². The van der Waals surface area contributed by atoms with Crippen molar-refractivity contribution in [1.29, 1.82) is 0 Å². The molecule has 0 aliphatic carbocycles. The minimum atomic E-state index is 0.348. The number of aryl methyl sites for hydroxylation is 1. The number of allylic oxidation sites excluding steroid dienone is 1. The highest BCUT2D eigenvalue weighted by atomic mass is 16.5. The van der Waals surface area contributed by atoms with E-state index in [9.17, 15) is 0 Å². The second-order valence-corrected chi connectivity index (χ2v) is 8.66. The van der Waals surface area contributed by atoms with Crippen molar-refractivity contribution >= 4 is 11.8 Å². The van der Waals surface area contributed by atoms with Gasteiger partial charge in [-0.1, -0.05) is 36.4 Å². The Morgan fingerprint density at radius 3 is 2.29 bits per heavy atom. The van der Waals surface area contributed by atoms with E-state index in [2.05, 4.69) is 66.0 Å². The maximum absolute atomic E-state index is 5.75. The highest BCUT2D eigenvalue weighted by Crippen LogP contribution is 2.32. The SMILES string of the molecule is Cc1cc2n(n1)CC(N1CCN(c3ccccc3-c3cnc(Oc4ccccc4)nc3)CC1)=C2. The fourth-order valence-electron chi connectivity index (χ4n) is 4.70. The van der Waals surface area contributed by atoms with Gasteiger partial charge in [0.1, 0.15) is 5.75 Å². The molecule has 2 aromatic heterocycles. The van der Waals surface area contributed by atoms with Crippen LogP contribution in [0.5, 0.6) is 11.8 Å². The average molecular weight is 451 g/mol. The Bertz CT molecular complexity index is 1320. The molecule has 34 heavy (non-hydrogen) atoms. The van der Waals surface area contributed by atoms with Crippen LogP contribution in [-0.4, -0.2) is 50.8 Å². The summed E-state index contributed by atoms with van der Waals surface area (Å²) in [6.07, 6.45) is 5.96. The predicted octanol–water partition coefficient (Wildman–Crippen LogP) is 4.62. The zero-order valence-corrected chi connectivity index (χ0v) is 19.1. The van der Waals surface area contributed by atoms with Gasteiger partial charge in [0.15, 0.2) is 0 Å². The fourth-order valence-corrected chi connectivity index (χ4v) is 4.70. The van der Waals surface area contributed by atoms with Crippen LogP contribution in [-0.2, 0) is 6.54 Å². The van der Waals surface area contributed by atoms with Gasteiger partial charge in [-0.05, 0) is 37.3 Å². The Labute approximate surface area is 199 Å². The molecule has 0 saturated carbocycles. The van der Waals surface area contributed by atoms with E-state index in [1.807, 2.05) is 49.6 Å². The van der Waals surface area contributed by atoms with Crippen LogP contribution < -0.4 is 9.64 Å². The van der Waals surface area contributed by atoms with Crippen molar-refractivity contribution in [1.82, 2.24) is 24.6 Å². The first-order chi connectivity index (χ1) is 16.7. The molecule has 0 radical (unpaired) electrons. The Morgan fingerprint density at radius 1 is 0.824 bits per heavy atom. The Kier molecular flexibility index (Phi) is 5.22. The molecule has 1 saturated heterocycles. The second-order valence-electron chi connectivity index (χ2n) is 8.66. The van der Waals surface area contributed by atoms with E-state index in [0.717, 1.165) is 55.3 Å². The molecule has 7 heteroatoms.